The van der Waals surface area contributed by atoms with E-state index in [9.17, 15) is 0 Å². The van der Waals surface area contributed by atoms with Gasteiger partial charge in [-0.25, -0.2) is 4.68 Å². The summed E-state index contributed by atoms with van der Waals surface area (Å²) in [5.41, 5.74) is 0.164. The Balaban J connectivity index is 2.24. The number of aryl methyl sites for hydroxylation is 1. The lowest BCUT2D eigenvalue weighted by atomic mass is 9.94. The normalized spacial score (nSPS) is 28.5. The van der Waals surface area contributed by atoms with E-state index in [0.29, 0.717) is 6.04 Å². The standard InChI is InChI=1S/C13H24N4O/c1-6-13(3)9-17(10(2)8-14-13)11-7-12(18-5)16(4)15-11/h7,10,14H,6,8-9H2,1-5H3. The van der Waals surface area contributed by atoms with Crippen molar-refractivity contribution in [2.45, 2.75) is 38.8 Å². The van der Waals surface area contributed by atoms with Gasteiger partial charge in [-0.15, -0.1) is 0 Å². The lowest BCUT2D eigenvalue weighted by Gasteiger charge is -2.45. The molecule has 0 radical (unpaired) electrons. The Kier molecular flexibility index (Phi) is 3.52. The van der Waals surface area contributed by atoms with Gasteiger partial charge in [0, 0.05) is 37.8 Å². The third-order valence-electron chi connectivity index (χ3n) is 3.98. The zero-order chi connectivity index (χ0) is 13.3. The lowest BCUT2D eigenvalue weighted by molar-refractivity contribution is 0.284. The third-order valence-corrected chi connectivity index (χ3v) is 3.98. The summed E-state index contributed by atoms with van der Waals surface area (Å²) in [7, 11) is 3.59. The Morgan fingerprint density at radius 3 is 2.89 bits per heavy atom. The Bertz CT molecular complexity index is 417. The van der Waals surface area contributed by atoms with Gasteiger partial charge in [-0.3, -0.25) is 0 Å². The van der Waals surface area contributed by atoms with Crippen molar-refractivity contribution in [2.75, 3.05) is 25.1 Å². The zero-order valence-corrected chi connectivity index (χ0v) is 12.0. The summed E-state index contributed by atoms with van der Waals surface area (Å²) >= 11 is 0. The predicted molar refractivity (Wildman–Crippen MR) is 73.3 cm³/mol. The number of nitrogens with zero attached hydrogens (tertiary/aromatic N) is 3. The summed E-state index contributed by atoms with van der Waals surface area (Å²) in [6, 6.07) is 2.46. The maximum atomic E-state index is 5.29. The minimum absolute atomic E-state index is 0.164. The van der Waals surface area contributed by atoms with Crippen LogP contribution in [0.1, 0.15) is 27.2 Å². The van der Waals surface area contributed by atoms with E-state index in [0.717, 1.165) is 31.2 Å². The van der Waals surface area contributed by atoms with Crippen molar-refractivity contribution in [1.82, 2.24) is 15.1 Å². The van der Waals surface area contributed by atoms with E-state index in [1.54, 1.807) is 11.8 Å². The van der Waals surface area contributed by atoms with E-state index < -0.39 is 0 Å². The first kappa shape index (κ1) is 13.2. The number of hydrogen-bond acceptors (Lipinski definition) is 4. The summed E-state index contributed by atoms with van der Waals surface area (Å²) < 4.78 is 7.07. The van der Waals surface area contributed by atoms with Crippen LogP contribution in [0.4, 0.5) is 5.82 Å². The second-order valence-electron chi connectivity index (χ2n) is 5.44. The van der Waals surface area contributed by atoms with Crippen molar-refractivity contribution in [3.63, 3.8) is 0 Å². The molecule has 1 aromatic rings. The number of aromatic nitrogens is 2. The van der Waals surface area contributed by atoms with Gasteiger partial charge in [0.25, 0.3) is 0 Å². The Hall–Kier alpha value is -1.23. The molecule has 0 amide bonds. The molecule has 102 valence electrons. The number of ether oxygens (including phenoxy) is 1. The SMILES string of the molecule is CCC1(C)CN(c2cc(OC)n(C)n2)C(C)CN1. The van der Waals surface area contributed by atoms with Gasteiger partial charge in [0.05, 0.1) is 7.11 Å². The minimum atomic E-state index is 0.164. The number of methoxy groups -OCH3 is 1. The molecule has 1 aromatic heterocycles. The molecule has 5 heteroatoms. The molecule has 18 heavy (non-hydrogen) atoms. The predicted octanol–water partition coefficient (Wildman–Crippen LogP) is 1.40. The van der Waals surface area contributed by atoms with Crippen molar-refractivity contribution in [1.29, 1.82) is 0 Å². The molecule has 5 nitrogen and oxygen atoms in total. The first-order chi connectivity index (χ1) is 8.49. The summed E-state index contributed by atoms with van der Waals surface area (Å²) in [4.78, 5) is 2.36. The molecule has 2 atom stereocenters. The molecule has 2 unspecified atom stereocenters. The highest BCUT2D eigenvalue weighted by molar-refractivity contribution is 5.44. The fourth-order valence-corrected chi connectivity index (χ4v) is 2.40. The average molecular weight is 252 g/mol. The van der Waals surface area contributed by atoms with Crippen LogP contribution in [0.2, 0.25) is 0 Å². The number of rotatable bonds is 3. The molecule has 2 rings (SSSR count). The first-order valence-electron chi connectivity index (χ1n) is 6.59. The van der Waals surface area contributed by atoms with E-state index >= 15 is 0 Å². The van der Waals surface area contributed by atoms with Gasteiger partial charge in [-0.1, -0.05) is 6.92 Å². The molecule has 0 saturated carbocycles. The van der Waals surface area contributed by atoms with Crippen molar-refractivity contribution in [2.24, 2.45) is 7.05 Å². The van der Waals surface area contributed by atoms with Gasteiger partial charge in [-0.2, -0.15) is 5.10 Å². The van der Waals surface area contributed by atoms with Crippen LogP contribution in [-0.4, -0.2) is 41.6 Å². The van der Waals surface area contributed by atoms with E-state index in [4.69, 9.17) is 4.74 Å². The van der Waals surface area contributed by atoms with Crippen LogP contribution < -0.4 is 15.0 Å². The Morgan fingerprint density at radius 2 is 2.33 bits per heavy atom. The fraction of sp³-hybridized carbons (Fsp3) is 0.769. The molecular weight excluding hydrogens is 228 g/mol. The molecule has 1 fully saturated rings. The Labute approximate surface area is 109 Å². The van der Waals surface area contributed by atoms with Crippen LogP contribution in [0, 0.1) is 0 Å². The van der Waals surface area contributed by atoms with Crippen LogP contribution >= 0.6 is 0 Å². The van der Waals surface area contributed by atoms with Gasteiger partial charge in [0.2, 0.25) is 5.88 Å². The molecule has 1 aliphatic heterocycles. The summed E-state index contributed by atoms with van der Waals surface area (Å²) in [6.07, 6.45) is 1.11. The number of piperazine rings is 1. The maximum Gasteiger partial charge on any atom is 0.213 e. The zero-order valence-electron chi connectivity index (χ0n) is 12.0. The number of anilines is 1. The van der Waals surface area contributed by atoms with Gasteiger partial charge in [0.1, 0.15) is 0 Å². The molecule has 2 heterocycles. The van der Waals surface area contributed by atoms with Crippen LogP contribution in [0.25, 0.3) is 0 Å². The maximum absolute atomic E-state index is 5.29. The number of hydrogen-bond donors (Lipinski definition) is 1. The van der Waals surface area contributed by atoms with Crippen molar-refractivity contribution in [3.05, 3.63) is 6.07 Å². The molecule has 1 aliphatic rings. The smallest absolute Gasteiger partial charge is 0.213 e. The highest BCUT2D eigenvalue weighted by Crippen LogP contribution is 2.26. The topological polar surface area (TPSA) is 42.3 Å². The monoisotopic (exact) mass is 252 g/mol. The summed E-state index contributed by atoms with van der Waals surface area (Å²) in [6.45, 7) is 8.68. The second kappa shape index (κ2) is 4.80. The van der Waals surface area contributed by atoms with Gasteiger partial charge < -0.3 is 15.0 Å². The van der Waals surface area contributed by atoms with Crippen molar-refractivity contribution < 1.29 is 4.74 Å². The average Bonchev–Trinajstić information content (AvgIpc) is 2.74. The van der Waals surface area contributed by atoms with Crippen LogP contribution in [0.3, 0.4) is 0 Å². The number of nitrogens with one attached hydrogen (secondary N) is 1. The highest BCUT2D eigenvalue weighted by atomic mass is 16.5. The lowest BCUT2D eigenvalue weighted by Crippen LogP contribution is -2.62. The van der Waals surface area contributed by atoms with Crippen LogP contribution in [0.15, 0.2) is 6.07 Å². The van der Waals surface area contributed by atoms with E-state index in [-0.39, 0.29) is 5.54 Å². The largest absolute Gasteiger partial charge is 0.481 e. The van der Waals surface area contributed by atoms with E-state index in [2.05, 4.69) is 36.1 Å². The molecular formula is C13H24N4O. The second-order valence-corrected chi connectivity index (χ2v) is 5.44. The minimum Gasteiger partial charge on any atom is -0.481 e. The van der Waals surface area contributed by atoms with E-state index in [1.165, 1.54) is 0 Å². The molecule has 1 N–H and O–H groups in total. The molecule has 0 spiro atoms. The van der Waals surface area contributed by atoms with Crippen LogP contribution in [0.5, 0.6) is 5.88 Å². The van der Waals surface area contributed by atoms with Crippen molar-refractivity contribution in [3.8, 4) is 5.88 Å². The van der Waals surface area contributed by atoms with E-state index in [1.807, 2.05) is 13.1 Å². The third kappa shape index (κ3) is 2.32. The summed E-state index contributed by atoms with van der Waals surface area (Å²) in [5.74, 6) is 1.80. The first-order valence-corrected chi connectivity index (χ1v) is 6.59. The quantitative estimate of drug-likeness (QED) is 0.883. The van der Waals surface area contributed by atoms with Gasteiger partial charge >= 0.3 is 0 Å². The fourth-order valence-electron chi connectivity index (χ4n) is 2.40. The van der Waals surface area contributed by atoms with Gasteiger partial charge in [0.15, 0.2) is 5.82 Å². The molecule has 0 aromatic carbocycles. The summed E-state index contributed by atoms with van der Waals surface area (Å²) in [5, 5.41) is 8.17. The van der Waals surface area contributed by atoms with Gasteiger partial charge in [-0.05, 0) is 20.3 Å². The molecule has 1 saturated heterocycles. The molecule has 0 bridgehead atoms. The van der Waals surface area contributed by atoms with Crippen molar-refractivity contribution >= 4 is 5.82 Å². The Morgan fingerprint density at radius 1 is 1.61 bits per heavy atom. The highest BCUT2D eigenvalue weighted by Gasteiger charge is 2.33. The molecule has 0 aliphatic carbocycles. The van der Waals surface area contributed by atoms with Crippen LogP contribution in [-0.2, 0) is 7.05 Å².